The Bertz CT molecular complexity index is 1360. The second-order valence-corrected chi connectivity index (χ2v) is 8.76. The number of imide groups is 1. The van der Waals surface area contributed by atoms with Crippen molar-refractivity contribution < 1.29 is 23.9 Å². The molecule has 0 aromatic heterocycles. The van der Waals surface area contributed by atoms with E-state index >= 15 is 0 Å². The smallest absolute Gasteiger partial charge is 0.266 e. The standard InChI is InChI=1S/C28H27N3O5/c1-5-36-21-11-9-20(10-12-21)31-27(34)22-13-7-18(14-23(22)28(31)35)26(33)30-24-15-19(8-6-17(24)4)29-25(32)16(2)3/h6-16H,5H2,1-4H3,(H,29,32)(H,30,33). The van der Waals surface area contributed by atoms with Gasteiger partial charge in [0.05, 0.1) is 23.4 Å². The molecule has 4 rings (SSSR count). The van der Waals surface area contributed by atoms with E-state index < -0.39 is 17.7 Å². The summed E-state index contributed by atoms with van der Waals surface area (Å²) in [6.07, 6.45) is 0. The average molecular weight is 486 g/mol. The molecule has 0 atom stereocenters. The molecule has 0 aliphatic carbocycles. The van der Waals surface area contributed by atoms with Crippen molar-refractivity contribution in [1.29, 1.82) is 0 Å². The van der Waals surface area contributed by atoms with E-state index in [0.717, 1.165) is 10.5 Å². The highest BCUT2D eigenvalue weighted by Crippen LogP contribution is 2.31. The third kappa shape index (κ3) is 4.84. The number of fused-ring (bicyclic) bond motifs is 1. The third-order valence-corrected chi connectivity index (χ3v) is 5.83. The molecular formula is C28H27N3O5. The summed E-state index contributed by atoms with van der Waals surface area (Å²) in [5.74, 6) is -1.06. The molecular weight excluding hydrogens is 458 g/mol. The molecule has 4 amide bonds. The summed E-state index contributed by atoms with van der Waals surface area (Å²) in [7, 11) is 0. The first kappa shape index (κ1) is 24.7. The van der Waals surface area contributed by atoms with Crippen molar-refractivity contribution in [3.8, 4) is 5.75 Å². The van der Waals surface area contributed by atoms with Crippen LogP contribution in [0.1, 0.15) is 57.4 Å². The van der Waals surface area contributed by atoms with Crippen LogP contribution in [0.25, 0.3) is 0 Å². The van der Waals surface area contributed by atoms with Crippen LogP contribution < -0.4 is 20.3 Å². The van der Waals surface area contributed by atoms with Crippen molar-refractivity contribution >= 4 is 40.7 Å². The number of benzene rings is 3. The molecule has 184 valence electrons. The van der Waals surface area contributed by atoms with Gasteiger partial charge in [0.15, 0.2) is 0 Å². The van der Waals surface area contributed by atoms with Gasteiger partial charge in [-0.05, 0) is 74.0 Å². The first-order valence-electron chi connectivity index (χ1n) is 11.7. The number of nitrogens with zero attached hydrogens (tertiary/aromatic N) is 1. The van der Waals surface area contributed by atoms with E-state index in [0.29, 0.717) is 29.4 Å². The lowest BCUT2D eigenvalue weighted by molar-refractivity contribution is -0.118. The van der Waals surface area contributed by atoms with Crippen LogP contribution in [0.15, 0.2) is 60.7 Å². The van der Waals surface area contributed by atoms with Crippen LogP contribution in [0.5, 0.6) is 5.75 Å². The molecule has 8 nitrogen and oxygen atoms in total. The summed E-state index contributed by atoms with van der Waals surface area (Å²) in [4.78, 5) is 52.2. The van der Waals surface area contributed by atoms with Crippen molar-refractivity contribution in [3.05, 3.63) is 82.9 Å². The summed E-state index contributed by atoms with van der Waals surface area (Å²) < 4.78 is 5.42. The lowest BCUT2D eigenvalue weighted by Gasteiger charge is -2.14. The van der Waals surface area contributed by atoms with E-state index in [1.807, 2.05) is 13.8 Å². The van der Waals surface area contributed by atoms with Crippen molar-refractivity contribution in [3.63, 3.8) is 0 Å². The van der Waals surface area contributed by atoms with Gasteiger partial charge in [-0.1, -0.05) is 19.9 Å². The molecule has 1 aliphatic heterocycles. The number of carbonyl (C=O) groups is 4. The molecule has 0 saturated heterocycles. The first-order chi connectivity index (χ1) is 17.2. The summed E-state index contributed by atoms with van der Waals surface area (Å²) in [5, 5.41) is 5.65. The van der Waals surface area contributed by atoms with Crippen LogP contribution >= 0.6 is 0 Å². The first-order valence-corrected chi connectivity index (χ1v) is 11.7. The number of hydrogen-bond acceptors (Lipinski definition) is 5. The topological polar surface area (TPSA) is 105 Å². The molecule has 0 saturated carbocycles. The Balaban J connectivity index is 1.55. The second kappa shape index (κ2) is 10.0. The lowest BCUT2D eigenvalue weighted by atomic mass is 10.0. The number of rotatable bonds is 7. The van der Waals surface area contributed by atoms with Gasteiger partial charge in [-0.3, -0.25) is 19.2 Å². The Hall–Kier alpha value is -4.46. The fourth-order valence-corrected chi connectivity index (χ4v) is 3.79. The number of hydrogen-bond donors (Lipinski definition) is 2. The van der Waals surface area contributed by atoms with Crippen LogP contribution in [0.3, 0.4) is 0 Å². The van der Waals surface area contributed by atoms with E-state index in [1.54, 1.807) is 56.3 Å². The van der Waals surface area contributed by atoms with Gasteiger partial charge in [0.1, 0.15) is 5.75 Å². The van der Waals surface area contributed by atoms with Gasteiger partial charge in [-0.2, -0.15) is 0 Å². The maximum absolute atomic E-state index is 13.1. The van der Waals surface area contributed by atoms with Crippen molar-refractivity contribution in [2.45, 2.75) is 27.7 Å². The fourth-order valence-electron chi connectivity index (χ4n) is 3.79. The Morgan fingerprint density at radius 1 is 0.889 bits per heavy atom. The molecule has 3 aromatic rings. The predicted octanol–water partition coefficient (Wildman–Crippen LogP) is 5.04. The van der Waals surface area contributed by atoms with Crippen molar-refractivity contribution in [2.75, 3.05) is 22.1 Å². The highest BCUT2D eigenvalue weighted by atomic mass is 16.5. The zero-order valence-corrected chi connectivity index (χ0v) is 20.5. The number of aryl methyl sites for hydroxylation is 1. The molecule has 0 spiro atoms. The zero-order chi connectivity index (χ0) is 26.0. The Labute approximate surface area is 209 Å². The van der Waals surface area contributed by atoms with Gasteiger partial charge in [0, 0.05) is 22.9 Å². The summed E-state index contributed by atoms with van der Waals surface area (Å²) in [5.41, 5.74) is 2.96. The monoisotopic (exact) mass is 485 g/mol. The largest absolute Gasteiger partial charge is 0.494 e. The van der Waals surface area contributed by atoms with E-state index in [4.69, 9.17) is 4.74 Å². The number of ether oxygens (including phenoxy) is 1. The van der Waals surface area contributed by atoms with Crippen molar-refractivity contribution in [1.82, 2.24) is 0 Å². The molecule has 0 bridgehead atoms. The van der Waals surface area contributed by atoms with Gasteiger partial charge < -0.3 is 15.4 Å². The van der Waals surface area contributed by atoms with Crippen molar-refractivity contribution in [2.24, 2.45) is 5.92 Å². The quantitative estimate of drug-likeness (QED) is 0.456. The summed E-state index contributed by atoms with van der Waals surface area (Å²) >= 11 is 0. The summed E-state index contributed by atoms with van der Waals surface area (Å²) in [6, 6.07) is 16.4. The van der Waals surface area contributed by atoms with Gasteiger partial charge in [0.25, 0.3) is 17.7 Å². The predicted molar refractivity (Wildman–Crippen MR) is 138 cm³/mol. The van der Waals surface area contributed by atoms with E-state index in [1.165, 1.54) is 18.2 Å². The normalized spacial score (nSPS) is 12.5. The molecule has 36 heavy (non-hydrogen) atoms. The highest BCUT2D eigenvalue weighted by Gasteiger charge is 2.37. The lowest BCUT2D eigenvalue weighted by Crippen LogP contribution is -2.29. The van der Waals surface area contributed by atoms with E-state index in [2.05, 4.69) is 10.6 Å². The second-order valence-electron chi connectivity index (χ2n) is 8.76. The molecule has 0 unspecified atom stereocenters. The maximum Gasteiger partial charge on any atom is 0.266 e. The number of nitrogens with one attached hydrogen (secondary N) is 2. The minimum atomic E-state index is -0.497. The Kier molecular flexibility index (Phi) is 6.87. The molecule has 1 aliphatic rings. The van der Waals surface area contributed by atoms with Crippen LogP contribution in [-0.4, -0.2) is 30.2 Å². The molecule has 0 radical (unpaired) electrons. The number of amides is 4. The molecule has 0 fully saturated rings. The molecule has 1 heterocycles. The van der Waals surface area contributed by atoms with Crippen LogP contribution in [-0.2, 0) is 4.79 Å². The zero-order valence-electron chi connectivity index (χ0n) is 20.5. The van der Waals surface area contributed by atoms with Gasteiger partial charge in [0.2, 0.25) is 5.91 Å². The molecule has 2 N–H and O–H groups in total. The Morgan fingerprint density at radius 2 is 1.58 bits per heavy atom. The molecule has 8 heteroatoms. The SMILES string of the molecule is CCOc1ccc(N2C(=O)c3ccc(C(=O)Nc4cc(NC(=O)C(C)C)ccc4C)cc3C2=O)cc1. The van der Waals surface area contributed by atoms with Gasteiger partial charge in [-0.25, -0.2) is 4.90 Å². The van der Waals surface area contributed by atoms with Crippen LogP contribution in [0.2, 0.25) is 0 Å². The fraction of sp³-hybridized carbons (Fsp3) is 0.214. The van der Waals surface area contributed by atoms with E-state index in [-0.39, 0.29) is 28.5 Å². The minimum Gasteiger partial charge on any atom is -0.494 e. The highest BCUT2D eigenvalue weighted by molar-refractivity contribution is 6.34. The van der Waals surface area contributed by atoms with Crippen LogP contribution in [0.4, 0.5) is 17.1 Å². The average Bonchev–Trinajstić information content (AvgIpc) is 3.11. The van der Waals surface area contributed by atoms with E-state index in [9.17, 15) is 19.2 Å². The van der Waals surface area contributed by atoms with Gasteiger partial charge in [-0.15, -0.1) is 0 Å². The minimum absolute atomic E-state index is 0.130. The van der Waals surface area contributed by atoms with Gasteiger partial charge >= 0.3 is 0 Å². The van der Waals surface area contributed by atoms with Crippen LogP contribution in [0, 0.1) is 12.8 Å². The number of anilines is 3. The third-order valence-electron chi connectivity index (χ3n) is 5.83. The summed E-state index contributed by atoms with van der Waals surface area (Å²) in [6.45, 7) is 7.80. The Morgan fingerprint density at radius 3 is 2.25 bits per heavy atom. The number of carbonyl (C=O) groups excluding carboxylic acids is 4. The maximum atomic E-state index is 13.1. The molecule has 3 aromatic carbocycles.